The third kappa shape index (κ3) is 5.33. The molecule has 0 saturated heterocycles. The number of hydrogen-bond donors (Lipinski definition) is 2. The van der Waals surface area contributed by atoms with E-state index in [1.165, 1.54) is 4.88 Å². The molecule has 0 atom stereocenters. The molecule has 2 aromatic heterocycles. The second-order valence-corrected chi connectivity index (χ2v) is 7.69. The van der Waals surface area contributed by atoms with Crippen molar-refractivity contribution in [3.05, 3.63) is 33.9 Å². The standard InChI is InChI=1S/C17H27N5OS/c1-6-12-8-20-15(24-12)11-22-16(18-7-2)21-10-14-19-9-13(23-14)17(3,4)5/h8-9H,6-7,10-11H2,1-5H3,(H2,18,21,22). The molecule has 0 unspecified atom stereocenters. The maximum absolute atomic E-state index is 5.77. The van der Waals surface area contributed by atoms with Crippen molar-refractivity contribution in [2.24, 2.45) is 4.99 Å². The summed E-state index contributed by atoms with van der Waals surface area (Å²) in [7, 11) is 0. The Morgan fingerprint density at radius 1 is 1.21 bits per heavy atom. The van der Waals surface area contributed by atoms with Crippen molar-refractivity contribution in [1.82, 2.24) is 20.6 Å². The molecule has 0 aliphatic rings. The summed E-state index contributed by atoms with van der Waals surface area (Å²) in [5, 5.41) is 7.59. The first-order valence-corrected chi connectivity index (χ1v) is 9.15. The minimum absolute atomic E-state index is 0.0421. The van der Waals surface area contributed by atoms with Gasteiger partial charge in [0.2, 0.25) is 5.89 Å². The topological polar surface area (TPSA) is 75.3 Å². The van der Waals surface area contributed by atoms with Crippen molar-refractivity contribution in [2.45, 2.75) is 59.5 Å². The van der Waals surface area contributed by atoms with Gasteiger partial charge in [-0.15, -0.1) is 11.3 Å². The van der Waals surface area contributed by atoms with Crippen molar-refractivity contribution < 1.29 is 4.42 Å². The number of aliphatic imine (C=N–C) groups is 1. The van der Waals surface area contributed by atoms with Gasteiger partial charge in [0.15, 0.2) is 5.96 Å². The Hall–Kier alpha value is -1.89. The van der Waals surface area contributed by atoms with Gasteiger partial charge in [-0.3, -0.25) is 0 Å². The van der Waals surface area contributed by atoms with E-state index in [1.54, 1.807) is 17.5 Å². The second kappa shape index (κ2) is 8.28. The fraction of sp³-hybridized carbons (Fsp3) is 0.588. The molecular weight excluding hydrogens is 322 g/mol. The fourth-order valence-electron chi connectivity index (χ4n) is 1.97. The zero-order chi connectivity index (χ0) is 17.6. The van der Waals surface area contributed by atoms with Crippen LogP contribution in [0.5, 0.6) is 0 Å². The van der Waals surface area contributed by atoms with E-state index in [4.69, 9.17) is 4.42 Å². The Kier molecular flexibility index (Phi) is 6.36. The van der Waals surface area contributed by atoms with Crippen LogP contribution >= 0.6 is 11.3 Å². The Morgan fingerprint density at radius 2 is 2.00 bits per heavy atom. The number of nitrogens with zero attached hydrogens (tertiary/aromatic N) is 3. The molecule has 0 radical (unpaired) electrons. The van der Waals surface area contributed by atoms with Crippen LogP contribution < -0.4 is 10.6 Å². The Morgan fingerprint density at radius 3 is 2.58 bits per heavy atom. The van der Waals surface area contributed by atoms with Crippen LogP contribution in [-0.4, -0.2) is 22.5 Å². The third-order valence-electron chi connectivity index (χ3n) is 3.37. The van der Waals surface area contributed by atoms with Crippen LogP contribution in [0.2, 0.25) is 0 Å². The summed E-state index contributed by atoms with van der Waals surface area (Å²) in [6.45, 7) is 12.3. The highest BCUT2D eigenvalue weighted by Crippen LogP contribution is 2.22. The van der Waals surface area contributed by atoms with Crippen LogP contribution in [0.4, 0.5) is 0 Å². The average Bonchev–Trinajstić information content (AvgIpc) is 3.18. The Labute approximate surface area is 147 Å². The molecular formula is C17H27N5OS. The molecule has 2 N–H and O–H groups in total. The molecule has 2 rings (SSSR count). The van der Waals surface area contributed by atoms with Gasteiger partial charge in [0, 0.05) is 23.0 Å². The SMILES string of the molecule is CCNC(=NCc1ncc(C(C)(C)C)o1)NCc1ncc(CC)s1. The van der Waals surface area contributed by atoms with Crippen LogP contribution in [0.3, 0.4) is 0 Å². The number of nitrogens with one attached hydrogen (secondary N) is 2. The maximum atomic E-state index is 5.77. The van der Waals surface area contributed by atoms with Crippen LogP contribution in [0.25, 0.3) is 0 Å². The third-order valence-corrected chi connectivity index (χ3v) is 4.51. The van der Waals surface area contributed by atoms with Gasteiger partial charge in [-0.1, -0.05) is 27.7 Å². The lowest BCUT2D eigenvalue weighted by Gasteiger charge is -2.13. The van der Waals surface area contributed by atoms with E-state index in [1.807, 2.05) is 13.1 Å². The van der Waals surface area contributed by atoms with Gasteiger partial charge in [0.25, 0.3) is 0 Å². The molecule has 6 nitrogen and oxygen atoms in total. The first-order chi connectivity index (χ1) is 11.4. The van der Waals surface area contributed by atoms with Crippen molar-refractivity contribution in [2.75, 3.05) is 6.54 Å². The van der Waals surface area contributed by atoms with Crippen LogP contribution in [0.1, 0.15) is 56.2 Å². The second-order valence-electron chi connectivity index (χ2n) is 6.49. The summed E-state index contributed by atoms with van der Waals surface area (Å²) in [6.07, 6.45) is 4.74. The average molecular weight is 350 g/mol. The first kappa shape index (κ1) is 18.4. The minimum atomic E-state index is -0.0421. The van der Waals surface area contributed by atoms with Gasteiger partial charge >= 0.3 is 0 Å². The number of aromatic nitrogens is 2. The number of aryl methyl sites for hydroxylation is 1. The lowest BCUT2D eigenvalue weighted by atomic mass is 9.94. The normalized spacial score (nSPS) is 12.5. The van der Waals surface area contributed by atoms with E-state index in [0.29, 0.717) is 19.0 Å². The van der Waals surface area contributed by atoms with Gasteiger partial charge in [0.1, 0.15) is 17.3 Å². The predicted molar refractivity (Wildman–Crippen MR) is 98.4 cm³/mol. The summed E-state index contributed by atoms with van der Waals surface area (Å²) in [6, 6.07) is 0. The highest BCUT2D eigenvalue weighted by atomic mass is 32.1. The number of oxazole rings is 1. The number of rotatable bonds is 6. The van der Waals surface area contributed by atoms with Crippen molar-refractivity contribution >= 4 is 17.3 Å². The predicted octanol–water partition coefficient (Wildman–Crippen LogP) is 3.25. The summed E-state index contributed by atoms with van der Waals surface area (Å²) < 4.78 is 5.77. The molecule has 0 amide bonds. The summed E-state index contributed by atoms with van der Waals surface area (Å²) in [5.74, 6) is 2.24. The minimum Gasteiger partial charge on any atom is -0.443 e. The first-order valence-electron chi connectivity index (χ1n) is 8.33. The van der Waals surface area contributed by atoms with Crippen molar-refractivity contribution in [3.8, 4) is 0 Å². The molecule has 7 heteroatoms. The van der Waals surface area contributed by atoms with Gasteiger partial charge in [-0.05, 0) is 13.3 Å². The monoisotopic (exact) mass is 349 g/mol. The summed E-state index contributed by atoms with van der Waals surface area (Å²) >= 11 is 1.73. The molecule has 0 aromatic carbocycles. The summed E-state index contributed by atoms with van der Waals surface area (Å²) in [4.78, 5) is 14.5. The van der Waals surface area contributed by atoms with E-state index >= 15 is 0 Å². The molecule has 132 valence electrons. The molecule has 0 aliphatic carbocycles. The summed E-state index contributed by atoms with van der Waals surface area (Å²) in [5.41, 5.74) is -0.0421. The van der Waals surface area contributed by atoms with Crippen LogP contribution in [0.15, 0.2) is 21.8 Å². The lowest BCUT2D eigenvalue weighted by molar-refractivity contribution is 0.383. The van der Waals surface area contributed by atoms with E-state index in [2.05, 4.69) is 53.3 Å². The van der Waals surface area contributed by atoms with Crippen molar-refractivity contribution in [3.63, 3.8) is 0 Å². The van der Waals surface area contributed by atoms with E-state index in [0.717, 1.165) is 29.7 Å². The zero-order valence-electron chi connectivity index (χ0n) is 15.1. The van der Waals surface area contributed by atoms with Gasteiger partial charge in [-0.25, -0.2) is 15.0 Å². The smallest absolute Gasteiger partial charge is 0.216 e. The molecule has 2 heterocycles. The van der Waals surface area contributed by atoms with Crippen LogP contribution in [0, 0.1) is 0 Å². The van der Waals surface area contributed by atoms with Gasteiger partial charge in [0.05, 0.1) is 12.7 Å². The Balaban J connectivity index is 1.96. The maximum Gasteiger partial charge on any atom is 0.216 e. The Bertz CT molecular complexity index is 669. The van der Waals surface area contributed by atoms with E-state index in [9.17, 15) is 0 Å². The zero-order valence-corrected chi connectivity index (χ0v) is 16.0. The molecule has 0 fully saturated rings. The van der Waals surface area contributed by atoms with Gasteiger partial charge in [-0.2, -0.15) is 0 Å². The number of thiazole rings is 1. The highest BCUT2D eigenvalue weighted by Gasteiger charge is 2.19. The van der Waals surface area contributed by atoms with E-state index < -0.39 is 0 Å². The lowest BCUT2D eigenvalue weighted by Crippen LogP contribution is -2.36. The van der Waals surface area contributed by atoms with E-state index in [-0.39, 0.29) is 5.41 Å². The largest absolute Gasteiger partial charge is 0.443 e. The highest BCUT2D eigenvalue weighted by molar-refractivity contribution is 7.11. The molecule has 0 bridgehead atoms. The number of guanidine groups is 1. The molecule has 0 saturated carbocycles. The number of hydrogen-bond acceptors (Lipinski definition) is 5. The van der Waals surface area contributed by atoms with Crippen molar-refractivity contribution in [1.29, 1.82) is 0 Å². The molecule has 0 spiro atoms. The quantitative estimate of drug-likeness (QED) is 0.618. The molecule has 0 aliphatic heterocycles. The molecule has 2 aromatic rings. The molecule has 24 heavy (non-hydrogen) atoms. The van der Waals surface area contributed by atoms with Gasteiger partial charge < -0.3 is 15.1 Å². The fourth-order valence-corrected chi connectivity index (χ4v) is 2.77. The van der Waals surface area contributed by atoms with Crippen LogP contribution in [-0.2, 0) is 24.9 Å².